The molecule has 0 bridgehead atoms. The summed E-state index contributed by atoms with van der Waals surface area (Å²) in [6.07, 6.45) is 4.52. The highest BCUT2D eigenvalue weighted by Gasteiger charge is 2.10. The third-order valence-electron chi connectivity index (χ3n) is 3.28. The minimum absolute atomic E-state index is 0.295. The molecule has 0 aliphatic heterocycles. The number of aryl methyl sites for hydroxylation is 1. The summed E-state index contributed by atoms with van der Waals surface area (Å²) >= 11 is 0. The molecule has 0 saturated carbocycles. The minimum Gasteiger partial charge on any atom is -0.505 e. The molecule has 0 unspecified atom stereocenters. The standard InChI is InChI=1S/C17H20FN5O2/c1-11-9-21-17(22-13(8-19)10-20-5-6-25-2)23-16(11)12-3-4-15(24)14(18)7-12/h3-4,7-10,24H,5-6,19H2,1-2H3,(H,21,22,23). The number of aromatic nitrogens is 2. The van der Waals surface area contributed by atoms with Crippen LogP contribution in [0, 0.1) is 12.7 Å². The van der Waals surface area contributed by atoms with Crippen molar-refractivity contribution < 1.29 is 14.2 Å². The first kappa shape index (κ1) is 18.3. The van der Waals surface area contributed by atoms with E-state index in [2.05, 4.69) is 20.3 Å². The van der Waals surface area contributed by atoms with Crippen LogP contribution in [0.15, 0.2) is 41.3 Å². The molecular formula is C17H20FN5O2. The van der Waals surface area contributed by atoms with Gasteiger partial charge >= 0.3 is 0 Å². The molecule has 8 heteroatoms. The minimum atomic E-state index is -0.710. The van der Waals surface area contributed by atoms with Crippen molar-refractivity contribution in [3.63, 3.8) is 0 Å². The number of allylic oxidation sites excluding steroid dienone is 1. The fourth-order valence-electron chi connectivity index (χ4n) is 2.00. The average Bonchev–Trinajstić information content (AvgIpc) is 2.61. The van der Waals surface area contributed by atoms with Crippen molar-refractivity contribution in [2.45, 2.75) is 6.92 Å². The Labute approximate surface area is 145 Å². The third kappa shape index (κ3) is 4.98. The second kappa shape index (κ2) is 8.74. The molecule has 0 amide bonds. The van der Waals surface area contributed by atoms with E-state index in [9.17, 15) is 9.50 Å². The molecule has 1 aromatic heterocycles. The third-order valence-corrected chi connectivity index (χ3v) is 3.28. The zero-order valence-electron chi connectivity index (χ0n) is 14.0. The van der Waals surface area contributed by atoms with E-state index < -0.39 is 11.6 Å². The smallest absolute Gasteiger partial charge is 0.227 e. The number of aliphatic imine (C=N–C) groups is 1. The molecular weight excluding hydrogens is 325 g/mol. The number of hydrogen-bond acceptors (Lipinski definition) is 7. The van der Waals surface area contributed by atoms with Crippen LogP contribution < -0.4 is 11.1 Å². The first-order valence-corrected chi connectivity index (χ1v) is 7.55. The Morgan fingerprint density at radius 1 is 1.48 bits per heavy atom. The summed E-state index contributed by atoms with van der Waals surface area (Å²) < 4.78 is 18.5. The van der Waals surface area contributed by atoms with Crippen LogP contribution in [0.2, 0.25) is 0 Å². The van der Waals surface area contributed by atoms with Crippen molar-refractivity contribution in [1.82, 2.24) is 9.97 Å². The van der Waals surface area contributed by atoms with Crippen LogP contribution in [0.3, 0.4) is 0 Å². The summed E-state index contributed by atoms with van der Waals surface area (Å²) in [5.74, 6) is -0.823. The first-order chi connectivity index (χ1) is 12.0. The van der Waals surface area contributed by atoms with Gasteiger partial charge in [-0.05, 0) is 30.7 Å². The van der Waals surface area contributed by atoms with E-state index in [0.717, 1.165) is 5.56 Å². The first-order valence-electron chi connectivity index (χ1n) is 7.55. The lowest BCUT2D eigenvalue weighted by atomic mass is 10.1. The predicted octanol–water partition coefficient (Wildman–Crippen LogP) is 2.23. The van der Waals surface area contributed by atoms with Gasteiger partial charge in [0.2, 0.25) is 5.95 Å². The lowest BCUT2D eigenvalue weighted by Gasteiger charge is -2.10. The van der Waals surface area contributed by atoms with Gasteiger partial charge in [-0.25, -0.2) is 14.4 Å². The van der Waals surface area contributed by atoms with Gasteiger partial charge in [0, 0.05) is 31.3 Å². The summed E-state index contributed by atoms with van der Waals surface area (Å²) in [5, 5.41) is 12.3. The van der Waals surface area contributed by atoms with Gasteiger partial charge in [-0.3, -0.25) is 4.99 Å². The second-order valence-corrected chi connectivity index (χ2v) is 5.17. The molecule has 132 valence electrons. The number of nitrogens with two attached hydrogens (primary N) is 1. The molecule has 7 nitrogen and oxygen atoms in total. The van der Waals surface area contributed by atoms with Gasteiger partial charge in [-0.1, -0.05) is 0 Å². The highest BCUT2D eigenvalue weighted by atomic mass is 19.1. The molecule has 1 heterocycles. The predicted molar refractivity (Wildman–Crippen MR) is 95.0 cm³/mol. The number of benzene rings is 1. The molecule has 0 aliphatic rings. The quantitative estimate of drug-likeness (QED) is 0.525. The number of nitrogens with zero attached hydrogens (tertiary/aromatic N) is 3. The fourth-order valence-corrected chi connectivity index (χ4v) is 2.00. The largest absolute Gasteiger partial charge is 0.505 e. The maximum atomic E-state index is 13.6. The van der Waals surface area contributed by atoms with E-state index >= 15 is 0 Å². The van der Waals surface area contributed by atoms with Crippen molar-refractivity contribution in [2.24, 2.45) is 10.7 Å². The monoisotopic (exact) mass is 345 g/mol. The average molecular weight is 345 g/mol. The number of nitrogens with one attached hydrogen (secondary N) is 1. The molecule has 0 atom stereocenters. The Morgan fingerprint density at radius 2 is 2.28 bits per heavy atom. The number of hydrogen-bond donors (Lipinski definition) is 3. The molecule has 2 aromatic rings. The van der Waals surface area contributed by atoms with Gasteiger partial charge in [0.25, 0.3) is 0 Å². The Kier molecular flexibility index (Phi) is 6.41. The molecule has 0 saturated heterocycles. The maximum Gasteiger partial charge on any atom is 0.227 e. The number of ether oxygens (including phenoxy) is 1. The number of aromatic hydroxyl groups is 1. The normalized spacial score (nSPS) is 11.9. The Morgan fingerprint density at radius 3 is 2.96 bits per heavy atom. The van der Waals surface area contributed by atoms with Crippen molar-refractivity contribution >= 4 is 12.2 Å². The van der Waals surface area contributed by atoms with Crippen molar-refractivity contribution in [3.8, 4) is 17.0 Å². The molecule has 1 aromatic carbocycles. The number of phenols is 1. The second-order valence-electron chi connectivity index (χ2n) is 5.17. The number of rotatable bonds is 7. The van der Waals surface area contributed by atoms with Gasteiger partial charge in [0.05, 0.1) is 24.5 Å². The molecule has 2 rings (SSSR count). The van der Waals surface area contributed by atoms with Crippen molar-refractivity contribution in [3.05, 3.63) is 47.7 Å². The van der Waals surface area contributed by atoms with Crippen molar-refractivity contribution in [2.75, 3.05) is 25.6 Å². The zero-order chi connectivity index (χ0) is 18.2. The van der Waals surface area contributed by atoms with Gasteiger partial charge in [0.15, 0.2) is 11.6 Å². The summed E-state index contributed by atoms with van der Waals surface area (Å²) in [5.41, 5.74) is 7.93. The molecule has 0 spiro atoms. The van der Waals surface area contributed by atoms with Crippen LogP contribution in [-0.2, 0) is 4.74 Å². The molecule has 4 N–H and O–H groups in total. The van der Waals surface area contributed by atoms with Gasteiger partial charge in [-0.15, -0.1) is 0 Å². The number of anilines is 1. The van der Waals surface area contributed by atoms with Crippen LogP contribution in [0.25, 0.3) is 11.3 Å². The van der Waals surface area contributed by atoms with E-state index in [1.807, 2.05) is 6.92 Å². The lowest BCUT2D eigenvalue weighted by Crippen LogP contribution is -2.08. The van der Waals surface area contributed by atoms with Crippen LogP contribution in [0.5, 0.6) is 5.75 Å². The number of halogens is 1. The SMILES string of the molecule is COCCN=CC(=CN)Nc1ncc(C)c(-c2ccc(O)c(F)c2)n1. The Bertz CT molecular complexity index is 793. The van der Waals surface area contributed by atoms with E-state index in [4.69, 9.17) is 10.5 Å². The number of methoxy groups -OCH3 is 1. The van der Waals surface area contributed by atoms with E-state index in [-0.39, 0.29) is 0 Å². The van der Waals surface area contributed by atoms with E-state index in [0.29, 0.717) is 36.1 Å². The van der Waals surface area contributed by atoms with Crippen LogP contribution in [-0.4, -0.2) is 41.6 Å². The Balaban J connectivity index is 2.23. The topological polar surface area (TPSA) is 106 Å². The van der Waals surface area contributed by atoms with Crippen LogP contribution in [0.1, 0.15) is 5.56 Å². The van der Waals surface area contributed by atoms with Gasteiger partial charge in [0.1, 0.15) is 0 Å². The van der Waals surface area contributed by atoms with Crippen molar-refractivity contribution in [1.29, 1.82) is 0 Å². The zero-order valence-corrected chi connectivity index (χ0v) is 14.0. The van der Waals surface area contributed by atoms with Crippen LogP contribution >= 0.6 is 0 Å². The molecule has 0 radical (unpaired) electrons. The maximum absolute atomic E-state index is 13.6. The van der Waals surface area contributed by atoms with Gasteiger partial charge < -0.3 is 20.9 Å². The highest BCUT2D eigenvalue weighted by molar-refractivity contribution is 5.82. The van der Waals surface area contributed by atoms with Crippen LogP contribution in [0.4, 0.5) is 10.3 Å². The fraction of sp³-hybridized carbons (Fsp3) is 0.235. The Hall–Kier alpha value is -3.00. The summed E-state index contributed by atoms with van der Waals surface area (Å²) in [4.78, 5) is 12.7. The molecule has 0 aliphatic carbocycles. The van der Waals surface area contributed by atoms with E-state index in [1.165, 1.54) is 18.3 Å². The summed E-state index contributed by atoms with van der Waals surface area (Å²) in [6, 6.07) is 4.09. The summed E-state index contributed by atoms with van der Waals surface area (Å²) in [6.45, 7) is 2.82. The van der Waals surface area contributed by atoms with E-state index in [1.54, 1.807) is 25.6 Å². The summed E-state index contributed by atoms with van der Waals surface area (Å²) in [7, 11) is 1.60. The van der Waals surface area contributed by atoms with Gasteiger partial charge in [-0.2, -0.15) is 0 Å². The number of phenolic OH excluding ortho intramolecular Hbond substituents is 1. The highest BCUT2D eigenvalue weighted by Crippen LogP contribution is 2.26. The lowest BCUT2D eigenvalue weighted by molar-refractivity contribution is 0.208. The molecule has 25 heavy (non-hydrogen) atoms. The molecule has 0 fully saturated rings.